The molecule has 2 amide bonds. The summed E-state index contributed by atoms with van der Waals surface area (Å²) in [4.78, 5) is 22.4. The largest absolute Gasteiger partial charge is 0.506 e. The summed E-state index contributed by atoms with van der Waals surface area (Å²) in [7, 11) is 1.63. The van der Waals surface area contributed by atoms with Crippen molar-refractivity contribution in [2.75, 3.05) is 12.4 Å². The van der Waals surface area contributed by atoms with Crippen LogP contribution in [0.25, 0.3) is 0 Å². The van der Waals surface area contributed by atoms with Crippen LogP contribution in [0.2, 0.25) is 0 Å². The Morgan fingerprint density at radius 2 is 2.05 bits per heavy atom. The molecule has 0 spiro atoms. The molecule has 20 heavy (non-hydrogen) atoms. The van der Waals surface area contributed by atoms with Crippen LogP contribution in [0.15, 0.2) is 18.2 Å². The molecule has 1 fully saturated rings. The Morgan fingerprint density at radius 1 is 1.35 bits per heavy atom. The lowest BCUT2D eigenvalue weighted by atomic mass is 9.89. The first-order valence-corrected chi connectivity index (χ1v) is 6.16. The Balaban J connectivity index is 1.90. The number of carboxylic acids is 1. The first-order chi connectivity index (χ1) is 9.49. The quantitative estimate of drug-likeness (QED) is 0.623. The van der Waals surface area contributed by atoms with Gasteiger partial charge in [0.25, 0.3) is 0 Å². The van der Waals surface area contributed by atoms with Crippen molar-refractivity contribution in [1.82, 2.24) is 5.32 Å². The number of carbonyl (C=O) groups is 2. The minimum atomic E-state index is -1.14. The highest BCUT2D eigenvalue weighted by Gasteiger charge is 2.30. The van der Waals surface area contributed by atoms with Gasteiger partial charge in [-0.05, 0) is 31.0 Å². The zero-order valence-corrected chi connectivity index (χ0v) is 10.9. The van der Waals surface area contributed by atoms with E-state index in [1.165, 1.54) is 12.1 Å². The average molecular weight is 280 g/mol. The number of carbonyl (C=O) groups excluding carboxylic acids is 1. The number of hydrogen-bond acceptors (Lipinski definition) is 4. The van der Waals surface area contributed by atoms with Crippen LogP contribution < -0.4 is 10.6 Å². The zero-order chi connectivity index (χ0) is 14.7. The number of aromatic carboxylic acids is 1. The number of rotatable bonds is 4. The molecule has 2 rings (SSSR count). The number of urea groups is 1. The van der Waals surface area contributed by atoms with Crippen LogP contribution in [0.3, 0.4) is 0 Å². The Morgan fingerprint density at radius 3 is 2.60 bits per heavy atom. The fourth-order valence-corrected chi connectivity index (χ4v) is 1.99. The first kappa shape index (κ1) is 14.1. The lowest BCUT2D eigenvalue weighted by Gasteiger charge is -2.34. The second-order valence-electron chi connectivity index (χ2n) is 4.66. The normalized spacial score (nSPS) is 20.9. The van der Waals surface area contributed by atoms with Gasteiger partial charge < -0.3 is 25.6 Å². The van der Waals surface area contributed by atoms with Crippen LogP contribution in [-0.2, 0) is 4.74 Å². The molecule has 1 saturated carbocycles. The average Bonchev–Trinajstić information content (AvgIpc) is 2.35. The monoisotopic (exact) mass is 280 g/mol. The lowest BCUT2D eigenvalue weighted by molar-refractivity contribution is 0.0210. The number of benzene rings is 1. The Bertz CT molecular complexity index is 525. The van der Waals surface area contributed by atoms with Crippen LogP contribution >= 0.6 is 0 Å². The maximum absolute atomic E-state index is 11.7. The van der Waals surface area contributed by atoms with Crippen molar-refractivity contribution in [3.63, 3.8) is 0 Å². The van der Waals surface area contributed by atoms with E-state index in [4.69, 9.17) is 9.84 Å². The predicted octanol–water partition coefficient (Wildman–Crippen LogP) is 1.39. The third-order valence-electron chi connectivity index (χ3n) is 3.26. The molecule has 0 saturated heterocycles. The van der Waals surface area contributed by atoms with Crippen molar-refractivity contribution in [3.05, 3.63) is 23.8 Å². The van der Waals surface area contributed by atoms with E-state index in [1.807, 2.05) is 0 Å². The SMILES string of the molecule is COC1CC(NC(=O)Nc2ccc(C(=O)O)cc2O)C1. The second kappa shape index (κ2) is 5.79. The van der Waals surface area contributed by atoms with Crippen LogP contribution in [-0.4, -0.2) is 41.5 Å². The molecule has 7 nitrogen and oxygen atoms in total. The van der Waals surface area contributed by atoms with Gasteiger partial charge in [-0.1, -0.05) is 0 Å². The van der Waals surface area contributed by atoms with E-state index in [9.17, 15) is 14.7 Å². The highest BCUT2D eigenvalue weighted by Crippen LogP contribution is 2.25. The number of nitrogens with one attached hydrogen (secondary N) is 2. The summed E-state index contributed by atoms with van der Waals surface area (Å²) in [5.41, 5.74) is 0.116. The number of methoxy groups -OCH3 is 1. The number of phenolic OH excluding ortho intramolecular Hbond substituents is 1. The summed E-state index contributed by atoms with van der Waals surface area (Å²) in [6.45, 7) is 0. The van der Waals surface area contributed by atoms with Gasteiger partial charge in [-0.15, -0.1) is 0 Å². The summed E-state index contributed by atoms with van der Waals surface area (Å²) < 4.78 is 5.10. The number of carboxylic acid groups (broad SMARTS) is 1. The van der Waals surface area contributed by atoms with Crippen molar-refractivity contribution in [3.8, 4) is 5.75 Å². The van der Waals surface area contributed by atoms with Gasteiger partial charge >= 0.3 is 12.0 Å². The zero-order valence-electron chi connectivity index (χ0n) is 10.9. The fourth-order valence-electron chi connectivity index (χ4n) is 1.99. The third kappa shape index (κ3) is 3.18. The van der Waals surface area contributed by atoms with Crippen LogP contribution in [0, 0.1) is 0 Å². The molecule has 1 aromatic carbocycles. The summed E-state index contributed by atoms with van der Waals surface area (Å²) in [6, 6.07) is 3.35. The van der Waals surface area contributed by atoms with E-state index >= 15 is 0 Å². The third-order valence-corrected chi connectivity index (χ3v) is 3.26. The van der Waals surface area contributed by atoms with Crippen molar-refractivity contribution in [1.29, 1.82) is 0 Å². The van der Waals surface area contributed by atoms with Crippen LogP contribution in [0.5, 0.6) is 5.75 Å². The van der Waals surface area contributed by atoms with Crippen molar-refractivity contribution in [2.45, 2.75) is 25.0 Å². The summed E-state index contributed by atoms with van der Waals surface area (Å²) >= 11 is 0. The molecule has 1 aliphatic carbocycles. The number of anilines is 1. The number of amides is 2. The minimum Gasteiger partial charge on any atom is -0.506 e. The lowest BCUT2D eigenvalue weighted by Crippen LogP contribution is -2.48. The highest BCUT2D eigenvalue weighted by atomic mass is 16.5. The number of aromatic hydroxyl groups is 1. The number of ether oxygens (including phenoxy) is 1. The molecule has 108 valence electrons. The molecule has 0 unspecified atom stereocenters. The van der Waals surface area contributed by atoms with Crippen molar-refractivity contribution < 1.29 is 24.5 Å². The highest BCUT2D eigenvalue weighted by molar-refractivity contribution is 5.93. The van der Waals surface area contributed by atoms with E-state index < -0.39 is 12.0 Å². The standard InChI is InChI=1S/C13H16N2O5/c1-20-9-5-8(6-9)14-13(19)15-10-3-2-7(12(17)18)4-11(10)16/h2-4,8-9,16H,5-6H2,1H3,(H,17,18)(H2,14,15,19). The van der Waals surface area contributed by atoms with Crippen molar-refractivity contribution >= 4 is 17.7 Å². The van der Waals surface area contributed by atoms with Crippen LogP contribution in [0.1, 0.15) is 23.2 Å². The fraction of sp³-hybridized carbons (Fsp3) is 0.385. The van der Waals surface area contributed by atoms with Gasteiger partial charge in [-0.2, -0.15) is 0 Å². The maximum Gasteiger partial charge on any atom is 0.335 e. The Kier molecular flexibility index (Phi) is 4.09. The molecule has 0 bridgehead atoms. The van der Waals surface area contributed by atoms with E-state index in [0.29, 0.717) is 0 Å². The van der Waals surface area contributed by atoms with E-state index in [0.717, 1.165) is 18.9 Å². The van der Waals surface area contributed by atoms with Gasteiger partial charge in [0.1, 0.15) is 5.75 Å². The van der Waals surface area contributed by atoms with Gasteiger partial charge in [0, 0.05) is 13.2 Å². The molecule has 7 heteroatoms. The Labute approximate surface area is 115 Å². The molecule has 0 atom stereocenters. The summed E-state index contributed by atoms with van der Waals surface area (Å²) in [5, 5.41) is 23.6. The van der Waals surface area contributed by atoms with Gasteiger partial charge in [0.15, 0.2) is 0 Å². The van der Waals surface area contributed by atoms with Gasteiger partial charge in [0.05, 0.1) is 17.4 Å². The molecule has 0 heterocycles. The molecular formula is C13H16N2O5. The predicted molar refractivity (Wildman–Crippen MR) is 71.0 cm³/mol. The van der Waals surface area contributed by atoms with Gasteiger partial charge in [-0.3, -0.25) is 0 Å². The number of hydrogen-bond donors (Lipinski definition) is 4. The van der Waals surface area contributed by atoms with Gasteiger partial charge in [-0.25, -0.2) is 9.59 Å². The van der Waals surface area contributed by atoms with Crippen molar-refractivity contribution in [2.24, 2.45) is 0 Å². The summed E-state index contributed by atoms with van der Waals surface area (Å²) in [6.07, 6.45) is 1.70. The smallest absolute Gasteiger partial charge is 0.335 e. The van der Waals surface area contributed by atoms with E-state index in [-0.39, 0.29) is 29.1 Å². The Hall–Kier alpha value is -2.28. The molecule has 0 aliphatic heterocycles. The number of phenols is 1. The molecule has 1 aromatic rings. The molecule has 0 radical (unpaired) electrons. The molecule has 4 N–H and O–H groups in total. The molecule has 0 aromatic heterocycles. The topological polar surface area (TPSA) is 108 Å². The second-order valence-corrected chi connectivity index (χ2v) is 4.66. The molecule has 1 aliphatic rings. The van der Waals surface area contributed by atoms with E-state index in [2.05, 4.69) is 10.6 Å². The van der Waals surface area contributed by atoms with Gasteiger partial charge in [0.2, 0.25) is 0 Å². The molecular weight excluding hydrogens is 264 g/mol. The maximum atomic E-state index is 11.7. The summed E-state index contributed by atoms with van der Waals surface area (Å²) in [5.74, 6) is -1.43. The minimum absolute atomic E-state index is 0.0459. The van der Waals surface area contributed by atoms with Crippen LogP contribution in [0.4, 0.5) is 10.5 Å². The van der Waals surface area contributed by atoms with E-state index in [1.54, 1.807) is 7.11 Å². The first-order valence-electron chi connectivity index (χ1n) is 6.16.